The Labute approximate surface area is 168 Å². The third-order valence-electron chi connectivity index (χ3n) is 5.77. The lowest BCUT2D eigenvalue weighted by molar-refractivity contribution is 0.00725. The highest BCUT2D eigenvalue weighted by atomic mass is 32.2. The number of nitrogens with zero attached hydrogens (tertiary/aromatic N) is 1. The van der Waals surface area contributed by atoms with Crippen LogP contribution in [0.25, 0.3) is 0 Å². The Kier molecular flexibility index (Phi) is 6.88. The molecular weight excluding hydrogens is 372 g/mol. The summed E-state index contributed by atoms with van der Waals surface area (Å²) in [5.74, 6) is 0. The minimum Gasteiger partial charge on any atom is -0.314 e. The molecule has 0 aromatic heterocycles. The molecule has 0 bridgehead atoms. The lowest BCUT2D eigenvalue weighted by atomic mass is 9.71. The number of benzene rings is 2. The van der Waals surface area contributed by atoms with Gasteiger partial charge in [0.25, 0.3) is 10.1 Å². The molecule has 1 saturated heterocycles. The van der Waals surface area contributed by atoms with Gasteiger partial charge < -0.3 is 5.32 Å². The molecule has 2 aromatic rings. The van der Waals surface area contributed by atoms with E-state index in [1.165, 1.54) is 56.5 Å². The molecule has 2 N–H and O–H groups in total. The molecule has 1 saturated carbocycles. The SMILES string of the molecule is Cc1ccc(S(=O)(=O)O)cc1.c1ccc(CC2(N3CCNCC3)CCC2)cc1. The molecule has 0 unspecified atom stereocenters. The number of nitrogens with one attached hydrogen (secondary N) is 1. The highest BCUT2D eigenvalue weighted by Gasteiger charge is 2.42. The Morgan fingerprint density at radius 1 is 1.00 bits per heavy atom. The average molecular weight is 403 g/mol. The minimum absolute atomic E-state index is 0.0666. The molecule has 28 heavy (non-hydrogen) atoms. The van der Waals surface area contributed by atoms with E-state index in [1.54, 1.807) is 12.1 Å². The van der Waals surface area contributed by atoms with Gasteiger partial charge in [-0.3, -0.25) is 9.45 Å². The lowest BCUT2D eigenvalue weighted by Crippen LogP contribution is -2.60. The topological polar surface area (TPSA) is 69.6 Å². The smallest absolute Gasteiger partial charge is 0.294 e. The van der Waals surface area contributed by atoms with Crippen LogP contribution in [0, 0.1) is 6.92 Å². The van der Waals surface area contributed by atoms with E-state index in [-0.39, 0.29) is 4.90 Å². The molecule has 0 atom stereocenters. The minimum atomic E-state index is -4.02. The van der Waals surface area contributed by atoms with E-state index in [4.69, 9.17) is 4.55 Å². The van der Waals surface area contributed by atoms with Crippen LogP contribution in [0.4, 0.5) is 0 Å². The zero-order valence-electron chi connectivity index (χ0n) is 16.5. The van der Waals surface area contributed by atoms with Gasteiger partial charge in [0.15, 0.2) is 0 Å². The van der Waals surface area contributed by atoms with E-state index in [2.05, 4.69) is 40.5 Å². The van der Waals surface area contributed by atoms with Crippen LogP contribution in [-0.4, -0.2) is 49.6 Å². The first-order chi connectivity index (χ1) is 13.4. The van der Waals surface area contributed by atoms with Crippen molar-refractivity contribution in [1.82, 2.24) is 10.2 Å². The fourth-order valence-corrected chi connectivity index (χ4v) is 4.49. The molecule has 6 heteroatoms. The second-order valence-electron chi connectivity index (χ2n) is 7.77. The molecule has 1 heterocycles. The Bertz CT molecular complexity index is 841. The van der Waals surface area contributed by atoms with Crippen LogP contribution in [0.3, 0.4) is 0 Å². The fraction of sp³-hybridized carbons (Fsp3) is 0.455. The number of piperazine rings is 1. The Hall–Kier alpha value is -1.73. The first-order valence-electron chi connectivity index (χ1n) is 9.93. The molecule has 0 radical (unpaired) electrons. The molecule has 4 rings (SSSR count). The largest absolute Gasteiger partial charge is 0.314 e. The van der Waals surface area contributed by atoms with Crippen molar-refractivity contribution in [3.05, 3.63) is 65.7 Å². The summed E-state index contributed by atoms with van der Waals surface area (Å²) < 4.78 is 29.6. The van der Waals surface area contributed by atoms with Crippen LogP contribution in [0.2, 0.25) is 0 Å². The summed E-state index contributed by atoms with van der Waals surface area (Å²) in [5.41, 5.74) is 2.95. The van der Waals surface area contributed by atoms with E-state index >= 15 is 0 Å². The molecule has 0 spiro atoms. The molecule has 0 amide bonds. The standard InChI is InChI=1S/C15H22N2.C7H8O3S/c1-2-5-14(6-3-1)13-15(7-4-8-15)17-11-9-16-10-12-17;1-6-2-4-7(5-3-6)11(8,9)10/h1-3,5-6,16H,4,7-13H2;2-5H,1H3,(H,8,9,10). The van der Waals surface area contributed by atoms with Crippen molar-refractivity contribution >= 4 is 10.1 Å². The number of aryl methyl sites for hydroxylation is 1. The van der Waals surface area contributed by atoms with Crippen LogP contribution in [0.15, 0.2) is 59.5 Å². The summed E-state index contributed by atoms with van der Waals surface area (Å²) in [4.78, 5) is 2.67. The van der Waals surface area contributed by atoms with Crippen LogP contribution >= 0.6 is 0 Å². The molecule has 2 aliphatic rings. The normalized spacial score (nSPS) is 19.2. The van der Waals surface area contributed by atoms with Crippen LogP contribution in [0.1, 0.15) is 30.4 Å². The van der Waals surface area contributed by atoms with Gasteiger partial charge in [0.05, 0.1) is 4.90 Å². The maximum absolute atomic E-state index is 10.5. The molecule has 1 aliphatic carbocycles. The number of hydrogen-bond donors (Lipinski definition) is 2. The number of rotatable bonds is 4. The van der Waals surface area contributed by atoms with E-state index in [0.29, 0.717) is 5.54 Å². The summed E-state index contributed by atoms with van der Waals surface area (Å²) in [7, 11) is -4.02. The monoisotopic (exact) mass is 402 g/mol. The Morgan fingerprint density at radius 3 is 2.11 bits per heavy atom. The first-order valence-corrected chi connectivity index (χ1v) is 11.4. The maximum atomic E-state index is 10.5. The van der Waals surface area contributed by atoms with E-state index in [9.17, 15) is 8.42 Å². The van der Waals surface area contributed by atoms with Crippen LogP contribution in [-0.2, 0) is 16.5 Å². The van der Waals surface area contributed by atoms with Crippen molar-refractivity contribution < 1.29 is 13.0 Å². The van der Waals surface area contributed by atoms with Crippen molar-refractivity contribution in [2.45, 2.75) is 43.0 Å². The van der Waals surface area contributed by atoms with Crippen molar-refractivity contribution in [1.29, 1.82) is 0 Å². The zero-order valence-corrected chi connectivity index (χ0v) is 17.3. The molecular formula is C22H30N2O3S. The van der Waals surface area contributed by atoms with Crippen LogP contribution in [0.5, 0.6) is 0 Å². The highest BCUT2D eigenvalue weighted by Crippen LogP contribution is 2.40. The summed E-state index contributed by atoms with van der Waals surface area (Å²) >= 11 is 0. The molecule has 2 fully saturated rings. The second kappa shape index (κ2) is 9.18. The van der Waals surface area contributed by atoms with Gasteiger partial charge in [0.2, 0.25) is 0 Å². The summed E-state index contributed by atoms with van der Waals surface area (Å²) in [6.07, 6.45) is 5.44. The predicted octanol–water partition coefficient (Wildman–Crippen LogP) is 3.30. The van der Waals surface area contributed by atoms with Gasteiger partial charge in [-0.2, -0.15) is 8.42 Å². The quantitative estimate of drug-likeness (QED) is 0.768. The predicted molar refractivity (Wildman–Crippen MR) is 112 cm³/mol. The highest BCUT2D eigenvalue weighted by molar-refractivity contribution is 7.85. The number of hydrogen-bond acceptors (Lipinski definition) is 4. The van der Waals surface area contributed by atoms with Gasteiger partial charge in [-0.15, -0.1) is 0 Å². The van der Waals surface area contributed by atoms with Gasteiger partial charge in [0.1, 0.15) is 0 Å². The van der Waals surface area contributed by atoms with Gasteiger partial charge in [0, 0.05) is 31.7 Å². The van der Waals surface area contributed by atoms with Crippen molar-refractivity contribution in [2.75, 3.05) is 26.2 Å². The van der Waals surface area contributed by atoms with Crippen molar-refractivity contribution in [3.63, 3.8) is 0 Å². The molecule has 5 nitrogen and oxygen atoms in total. The first kappa shape index (κ1) is 21.0. The van der Waals surface area contributed by atoms with E-state index in [1.807, 2.05) is 6.92 Å². The molecule has 152 valence electrons. The third-order valence-corrected chi connectivity index (χ3v) is 6.63. The fourth-order valence-electron chi connectivity index (χ4n) is 4.01. The summed E-state index contributed by atoms with van der Waals surface area (Å²) in [6, 6.07) is 17.0. The molecule has 1 aliphatic heterocycles. The molecule has 2 aromatic carbocycles. The van der Waals surface area contributed by atoms with E-state index < -0.39 is 10.1 Å². The summed E-state index contributed by atoms with van der Waals surface area (Å²) in [6.45, 7) is 6.63. The summed E-state index contributed by atoms with van der Waals surface area (Å²) in [5, 5.41) is 3.46. The maximum Gasteiger partial charge on any atom is 0.294 e. The Balaban J connectivity index is 0.000000178. The Morgan fingerprint density at radius 2 is 1.61 bits per heavy atom. The van der Waals surface area contributed by atoms with Gasteiger partial charge in [-0.05, 0) is 50.3 Å². The van der Waals surface area contributed by atoms with Crippen molar-refractivity contribution in [3.8, 4) is 0 Å². The zero-order chi connectivity index (χ0) is 20.0. The second-order valence-corrected chi connectivity index (χ2v) is 9.19. The van der Waals surface area contributed by atoms with E-state index in [0.717, 1.165) is 18.7 Å². The van der Waals surface area contributed by atoms with Crippen LogP contribution < -0.4 is 5.32 Å². The van der Waals surface area contributed by atoms with Gasteiger partial charge in [-0.25, -0.2) is 0 Å². The lowest BCUT2D eigenvalue weighted by Gasteiger charge is -2.52. The van der Waals surface area contributed by atoms with Gasteiger partial charge in [-0.1, -0.05) is 48.0 Å². The average Bonchev–Trinajstić information content (AvgIpc) is 2.66. The third kappa shape index (κ3) is 5.41. The van der Waals surface area contributed by atoms with Gasteiger partial charge >= 0.3 is 0 Å². The van der Waals surface area contributed by atoms with Crippen molar-refractivity contribution in [2.24, 2.45) is 0 Å².